The summed E-state index contributed by atoms with van der Waals surface area (Å²) in [6.07, 6.45) is 0. The lowest BCUT2D eigenvalue weighted by atomic mass is 10.1. The van der Waals surface area contributed by atoms with Crippen molar-refractivity contribution in [2.45, 2.75) is 6.92 Å². The first-order valence-electron chi connectivity index (χ1n) is 7.56. The summed E-state index contributed by atoms with van der Waals surface area (Å²) < 4.78 is 5.69. The Morgan fingerprint density at radius 3 is 2.25 bits per heavy atom. The summed E-state index contributed by atoms with van der Waals surface area (Å²) in [5.74, 6) is 1.14. The van der Waals surface area contributed by atoms with Gasteiger partial charge in [-0.1, -0.05) is 24.3 Å². The fourth-order valence-electron chi connectivity index (χ4n) is 2.24. The molecule has 4 nitrogen and oxygen atoms in total. The standard InChI is InChI=1S/C20H17NO3/c1-14-7-12-18(19(22)13-14)21-20(23)15-8-10-17(11-9-15)24-16-5-3-2-4-6-16/h2-13,22H,1H3,(H,21,23). The number of para-hydroxylation sites is 1. The molecule has 0 aliphatic heterocycles. The highest BCUT2D eigenvalue weighted by molar-refractivity contribution is 6.05. The molecule has 0 spiro atoms. The van der Waals surface area contributed by atoms with E-state index in [0.29, 0.717) is 17.0 Å². The van der Waals surface area contributed by atoms with E-state index < -0.39 is 0 Å². The SMILES string of the molecule is Cc1ccc(NC(=O)c2ccc(Oc3ccccc3)cc2)c(O)c1. The molecule has 0 bridgehead atoms. The maximum absolute atomic E-state index is 12.3. The van der Waals surface area contributed by atoms with Gasteiger partial charge in [-0.25, -0.2) is 0 Å². The number of hydrogen-bond acceptors (Lipinski definition) is 3. The first kappa shape index (κ1) is 15.6. The second-order valence-corrected chi connectivity index (χ2v) is 5.41. The van der Waals surface area contributed by atoms with Gasteiger partial charge in [-0.3, -0.25) is 4.79 Å². The molecular formula is C20H17NO3. The second-order valence-electron chi connectivity index (χ2n) is 5.41. The highest BCUT2D eigenvalue weighted by atomic mass is 16.5. The number of amides is 1. The largest absolute Gasteiger partial charge is 0.506 e. The number of rotatable bonds is 4. The molecule has 120 valence electrons. The highest BCUT2D eigenvalue weighted by Gasteiger charge is 2.09. The number of carbonyl (C=O) groups is 1. The number of benzene rings is 3. The van der Waals surface area contributed by atoms with Gasteiger partial charge < -0.3 is 15.2 Å². The number of phenolic OH excluding ortho intramolecular Hbond substituents is 1. The highest BCUT2D eigenvalue weighted by Crippen LogP contribution is 2.25. The first-order valence-corrected chi connectivity index (χ1v) is 7.56. The normalized spacial score (nSPS) is 10.2. The van der Waals surface area contributed by atoms with Crippen LogP contribution >= 0.6 is 0 Å². The van der Waals surface area contributed by atoms with Crippen molar-refractivity contribution in [3.63, 3.8) is 0 Å². The van der Waals surface area contributed by atoms with Crippen LogP contribution in [0.5, 0.6) is 17.2 Å². The van der Waals surface area contributed by atoms with Gasteiger partial charge in [0.15, 0.2) is 0 Å². The minimum absolute atomic E-state index is 0.0485. The fourth-order valence-corrected chi connectivity index (χ4v) is 2.24. The Morgan fingerprint density at radius 1 is 0.917 bits per heavy atom. The molecule has 0 aromatic heterocycles. The lowest BCUT2D eigenvalue weighted by Crippen LogP contribution is -2.11. The molecule has 0 saturated heterocycles. The van der Waals surface area contributed by atoms with Gasteiger partial charge >= 0.3 is 0 Å². The molecule has 3 aromatic rings. The van der Waals surface area contributed by atoms with E-state index in [2.05, 4.69) is 5.32 Å². The average molecular weight is 319 g/mol. The molecule has 0 aliphatic carbocycles. The number of aromatic hydroxyl groups is 1. The predicted octanol–water partition coefficient (Wildman–Crippen LogP) is 4.75. The van der Waals surface area contributed by atoms with Crippen molar-refractivity contribution in [2.24, 2.45) is 0 Å². The van der Waals surface area contributed by atoms with Gasteiger partial charge in [-0.05, 0) is 61.0 Å². The van der Waals surface area contributed by atoms with Crippen molar-refractivity contribution >= 4 is 11.6 Å². The van der Waals surface area contributed by atoms with Gasteiger partial charge in [0.25, 0.3) is 5.91 Å². The van der Waals surface area contributed by atoms with Crippen LogP contribution in [-0.4, -0.2) is 11.0 Å². The lowest BCUT2D eigenvalue weighted by Gasteiger charge is -2.09. The maximum atomic E-state index is 12.3. The Labute approximate surface area is 140 Å². The number of anilines is 1. The summed E-state index contributed by atoms with van der Waals surface area (Å²) in [4.78, 5) is 12.3. The molecule has 2 N–H and O–H groups in total. The van der Waals surface area contributed by atoms with E-state index >= 15 is 0 Å². The third-order valence-corrected chi connectivity index (χ3v) is 3.50. The van der Waals surface area contributed by atoms with Gasteiger partial charge in [0.2, 0.25) is 0 Å². The van der Waals surface area contributed by atoms with Crippen LogP contribution in [0.25, 0.3) is 0 Å². The van der Waals surface area contributed by atoms with Crippen LogP contribution in [-0.2, 0) is 0 Å². The predicted molar refractivity (Wildman–Crippen MR) is 93.8 cm³/mol. The van der Waals surface area contributed by atoms with Gasteiger partial charge in [-0.15, -0.1) is 0 Å². The number of carbonyl (C=O) groups excluding carboxylic acids is 1. The zero-order chi connectivity index (χ0) is 16.9. The molecule has 24 heavy (non-hydrogen) atoms. The molecule has 0 aliphatic rings. The van der Waals surface area contributed by atoms with Crippen LogP contribution in [0.4, 0.5) is 5.69 Å². The second kappa shape index (κ2) is 6.87. The molecule has 0 heterocycles. The third-order valence-electron chi connectivity index (χ3n) is 3.50. The van der Waals surface area contributed by atoms with Crippen molar-refractivity contribution in [3.05, 3.63) is 83.9 Å². The van der Waals surface area contributed by atoms with Gasteiger partial charge in [0.1, 0.15) is 17.2 Å². The Hall–Kier alpha value is -3.27. The molecule has 0 saturated carbocycles. The maximum Gasteiger partial charge on any atom is 0.255 e. The van der Waals surface area contributed by atoms with Crippen molar-refractivity contribution in [2.75, 3.05) is 5.32 Å². The summed E-state index contributed by atoms with van der Waals surface area (Å²) in [5, 5.41) is 12.6. The van der Waals surface area contributed by atoms with Crippen LogP contribution in [0.2, 0.25) is 0 Å². The van der Waals surface area contributed by atoms with E-state index in [1.165, 1.54) is 0 Å². The first-order chi connectivity index (χ1) is 11.6. The quantitative estimate of drug-likeness (QED) is 0.683. The number of hydrogen-bond donors (Lipinski definition) is 2. The average Bonchev–Trinajstić information content (AvgIpc) is 2.59. The zero-order valence-corrected chi connectivity index (χ0v) is 13.2. The van der Waals surface area contributed by atoms with E-state index in [1.54, 1.807) is 36.4 Å². The third kappa shape index (κ3) is 3.73. The van der Waals surface area contributed by atoms with Crippen molar-refractivity contribution in [1.82, 2.24) is 0 Å². The summed E-state index contributed by atoms with van der Waals surface area (Å²) in [6.45, 7) is 1.87. The minimum Gasteiger partial charge on any atom is -0.506 e. The van der Waals surface area contributed by atoms with Crippen LogP contribution in [0.3, 0.4) is 0 Å². The molecule has 0 atom stereocenters. The molecule has 3 aromatic carbocycles. The van der Waals surface area contributed by atoms with Crippen molar-refractivity contribution in [3.8, 4) is 17.2 Å². The summed E-state index contributed by atoms with van der Waals surface area (Å²) in [6, 6.07) is 21.4. The zero-order valence-electron chi connectivity index (χ0n) is 13.2. The van der Waals surface area contributed by atoms with E-state index in [9.17, 15) is 9.90 Å². The number of nitrogens with one attached hydrogen (secondary N) is 1. The monoisotopic (exact) mass is 319 g/mol. The Balaban J connectivity index is 1.69. The molecule has 0 fully saturated rings. The number of aryl methyl sites for hydroxylation is 1. The van der Waals surface area contributed by atoms with E-state index in [4.69, 9.17) is 4.74 Å². The molecule has 4 heteroatoms. The molecule has 3 rings (SSSR count). The fraction of sp³-hybridized carbons (Fsp3) is 0.0500. The van der Waals surface area contributed by atoms with Gasteiger partial charge in [0, 0.05) is 5.56 Å². The van der Waals surface area contributed by atoms with E-state index in [-0.39, 0.29) is 11.7 Å². The van der Waals surface area contributed by atoms with Gasteiger partial charge in [0.05, 0.1) is 5.69 Å². The van der Waals surface area contributed by atoms with Gasteiger partial charge in [-0.2, -0.15) is 0 Å². The number of phenols is 1. The lowest BCUT2D eigenvalue weighted by molar-refractivity contribution is 0.102. The Bertz CT molecular complexity index is 843. The van der Waals surface area contributed by atoms with Crippen molar-refractivity contribution in [1.29, 1.82) is 0 Å². The molecule has 1 amide bonds. The molecule has 0 radical (unpaired) electrons. The summed E-state index contributed by atoms with van der Waals surface area (Å²) in [7, 11) is 0. The van der Waals surface area contributed by atoms with E-state index in [0.717, 1.165) is 11.3 Å². The Kier molecular flexibility index (Phi) is 4.47. The van der Waals surface area contributed by atoms with Crippen LogP contribution in [0.1, 0.15) is 15.9 Å². The smallest absolute Gasteiger partial charge is 0.255 e. The summed E-state index contributed by atoms with van der Waals surface area (Å²) >= 11 is 0. The minimum atomic E-state index is -0.291. The van der Waals surface area contributed by atoms with Crippen LogP contribution < -0.4 is 10.1 Å². The van der Waals surface area contributed by atoms with Crippen LogP contribution in [0.15, 0.2) is 72.8 Å². The summed E-state index contributed by atoms with van der Waals surface area (Å²) in [5.41, 5.74) is 1.79. The Morgan fingerprint density at radius 2 is 1.58 bits per heavy atom. The van der Waals surface area contributed by atoms with Crippen molar-refractivity contribution < 1.29 is 14.6 Å². The topological polar surface area (TPSA) is 58.6 Å². The number of ether oxygens (including phenoxy) is 1. The van der Waals surface area contributed by atoms with Crippen LogP contribution in [0, 0.1) is 6.92 Å². The molecular weight excluding hydrogens is 302 g/mol. The molecule has 0 unspecified atom stereocenters. The van der Waals surface area contributed by atoms with E-state index in [1.807, 2.05) is 43.3 Å².